The van der Waals surface area contributed by atoms with Crippen molar-refractivity contribution in [1.82, 2.24) is 4.98 Å². The van der Waals surface area contributed by atoms with Gasteiger partial charge in [0.2, 0.25) is 0 Å². The van der Waals surface area contributed by atoms with Gasteiger partial charge in [-0.05, 0) is 24.5 Å². The van der Waals surface area contributed by atoms with Gasteiger partial charge in [-0.3, -0.25) is 4.98 Å². The van der Waals surface area contributed by atoms with Gasteiger partial charge in [0.05, 0.1) is 18.1 Å². The molecule has 94 valence electrons. The third-order valence-electron chi connectivity index (χ3n) is 2.98. The maximum atomic E-state index is 13.0. The SMILES string of the molecule is CCc1ccc(C(C)Nc2cncc(F)c2)cc1. The van der Waals surface area contributed by atoms with E-state index in [9.17, 15) is 4.39 Å². The molecule has 2 nitrogen and oxygen atoms in total. The second-order valence-corrected chi connectivity index (χ2v) is 4.35. The summed E-state index contributed by atoms with van der Waals surface area (Å²) >= 11 is 0. The Balaban J connectivity index is 2.09. The second-order valence-electron chi connectivity index (χ2n) is 4.35. The number of nitrogens with one attached hydrogen (secondary N) is 1. The van der Waals surface area contributed by atoms with Crippen molar-refractivity contribution in [3.63, 3.8) is 0 Å². The average molecular weight is 244 g/mol. The van der Waals surface area contributed by atoms with Crippen molar-refractivity contribution >= 4 is 5.69 Å². The minimum absolute atomic E-state index is 0.125. The minimum Gasteiger partial charge on any atom is -0.377 e. The molecule has 0 aliphatic rings. The van der Waals surface area contributed by atoms with E-state index in [0.717, 1.165) is 6.42 Å². The summed E-state index contributed by atoms with van der Waals surface area (Å²) in [6.07, 6.45) is 3.86. The van der Waals surface area contributed by atoms with E-state index in [-0.39, 0.29) is 11.9 Å². The van der Waals surface area contributed by atoms with Crippen molar-refractivity contribution in [2.75, 3.05) is 5.32 Å². The Morgan fingerprint density at radius 3 is 2.56 bits per heavy atom. The Morgan fingerprint density at radius 2 is 1.94 bits per heavy atom. The minimum atomic E-state index is -0.325. The highest BCUT2D eigenvalue weighted by atomic mass is 19.1. The molecule has 2 rings (SSSR count). The Bertz CT molecular complexity index is 508. The lowest BCUT2D eigenvalue weighted by Gasteiger charge is -2.15. The van der Waals surface area contributed by atoms with Gasteiger partial charge in [-0.2, -0.15) is 0 Å². The van der Waals surface area contributed by atoms with Gasteiger partial charge in [-0.15, -0.1) is 0 Å². The first-order valence-corrected chi connectivity index (χ1v) is 6.15. The van der Waals surface area contributed by atoms with Crippen LogP contribution >= 0.6 is 0 Å². The predicted octanol–water partition coefficient (Wildman–Crippen LogP) is 3.96. The third-order valence-corrected chi connectivity index (χ3v) is 2.98. The summed E-state index contributed by atoms with van der Waals surface area (Å²) in [5, 5.41) is 3.23. The molecule has 1 heterocycles. The maximum Gasteiger partial charge on any atom is 0.143 e. The van der Waals surface area contributed by atoms with Gasteiger partial charge in [0.15, 0.2) is 0 Å². The van der Waals surface area contributed by atoms with Crippen LogP contribution in [0.25, 0.3) is 0 Å². The average Bonchev–Trinajstić information content (AvgIpc) is 2.39. The van der Waals surface area contributed by atoms with Crippen LogP contribution in [0.3, 0.4) is 0 Å². The monoisotopic (exact) mass is 244 g/mol. The summed E-state index contributed by atoms with van der Waals surface area (Å²) < 4.78 is 13.0. The molecular formula is C15H17FN2. The van der Waals surface area contributed by atoms with Crippen LogP contribution in [0.15, 0.2) is 42.7 Å². The molecule has 0 saturated carbocycles. The van der Waals surface area contributed by atoms with Crippen LogP contribution in [-0.4, -0.2) is 4.98 Å². The number of halogens is 1. The summed E-state index contributed by atoms with van der Waals surface area (Å²) in [7, 11) is 0. The zero-order chi connectivity index (χ0) is 13.0. The van der Waals surface area contributed by atoms with E-state index >= 15 is 0 Å². The lowest BCUT2D eigenvalue weighted by atomic mass is 10.0. The largest absolute Gasteiger partial charge is 0.377 e. The van der Waals surface area contributed by atoms with Gasteiger partial charge in [0, 0.05) is 12.1 Å². The Morgan fingerprint density at radius 1 is 1.22 bits per heavy atom. The van der Waals surface area contributed by atoms with Crippen LogP contribution in [0.5, 0.6) is 0 Å². The van der Waals surface area contributed by atoms with Crippen molar-refractivity contribution in [1.29, 1.82) is 0 Å². The summed E-state index contributed by atoms with van der Waals surface area (Å²) in [4.78, 5) is 3.82. The molecule has 0 aliphatic heterocycles. The van der Waals surface area contributed by atoms with E-state index < -0.39 is 0 Å². The van der Waals surface area contributed by atoms with E-state index in [2.05, 4.69) is 41.5 Å². The number of nitrogens with zero attached hydrogens (tertiary/aromatic N) is 1. The molecule has 0 spiro atoms. The first kappa shape index (κ1) is 12.6. The van der Waals surface area contributed by atoms with Crippen molar-refractivity contribution in [2.45, 2.75) is 26.3 Å². The molecule has 0 aliphatic carbocycles. The van der Waals surface area contributed by atoms with Gasteiger partial charge in [-0.1, -0.05) is 31.2 Å². The number of hydrogen-bond donors (Lipinski definition) is 1. The Labute approximate surface area is 107 Å². The number of benzene rings is 1. The van der Waals surface area contributed by atoms with Gasteiger partial charge < -0.3 is 5.32 Å². The zero-order valence-corrected chi connectivity index (χ0v) is 10.7. The van der Waals surface area contributed by atoms with Gasteiger partial charge in [-0.25, -0.2) is 4.39 Å². The quantitative estimate of drug-likeness (QED) is 0.880. The second kappa shape index (κ2) is 5.63. The van der Waals surface area contributed by atoms with Gasteiger partial charge in [0.25, 0.3) is 0 Å². The van der Waals surface area contributed by atoms with Gasteiger partial charge >= 0.3 is 0 Å². The van der Waals surface area contributed by atoms with Crippen LogP contribution in [0, 0.1) is 5.82 Å². The molecule has 0 bridgehead atoms. The van der Waals surface area contributed by atoms with Crippen molar-refractivity contribution in [2.24, 2.45) is 0 Å². The van der Waals surface area contributed by atoms with Crippen LogP contribution in [0.1, 0.15) is 31.0 Å². The molecule has 1 aromatic heterocycles. The fourth-order valence-electron chi connectivity index (χ4n) is 1.87. The van der Waals surface area contributed by atoms with Crippen molar-refractivity contribution in [3.8, 4) is 0 Å². The zero-order valence-electron chi connectivity index (χ0n) is 10.7. The van der Waals surface area contributed by atoms with E-state index in [0.29, 0.717) is 5.69 Å². The maximum absolute atomic E-state index is 13.0. The molecular weight excluding hydrogens is 227 g/mol. The molecule has 1 atom stereocenters. The fourth-order valence-corrected chi connectivity index (χ4v) is 1.87. The van der Waals surface area contributed by atoms with E-state index in [4.69, 9.17) is 0 Å². The molecule has 1 N–H and O–H groups in total. The summed E-state index contributed by atoms with van der Waals surface area (Å²) in [6, 6.07) is 10.0. The molecule has 3 heteroatoms. The van der Waals surface area contributed by atoms with Crippen LogP contribution in [0.4, 0.5) is 10.1 Å². The summed E-state index contributed by atoms with van der Waals surface area (Å²) in [5.41, 5.74) is 3.19. The molecule has 1 unspecified atom stereocenters. The highest BCUT2D eigenvalue weighted by Crippen LogP contribution is 2.19. The first-order chi connectivity index (χ1) is 8.69. The molecule has 2 aromatic rings. The Hall–Kier alpha value is -1.90. The number of aryl methyl sites for hydroxylation is 1. The van der Waals surface area contributed by atoms with E-state index in [1.807, 2.05) is 6.92 Å². The molecule has 1 aromatic carbocycles. The first-order valence-electron chi connectivity index (χ1n) is 6.15. The highest BCUT2D eigenvalue weighted by molar-refractivity contribution is 5.43. The highest BCUT2D eigenvalue weighted by Gasteiger charge is 2.05. The lowest BCUT2D eigenvalue weighted by Crippen LogP contribution is -2.07. The number of anilines is 1. The van der Waals surface area contributed by atoms with Crippen molar-refractivity contribution < 1.29 is 4.39 Å². The smallest absolute Gasteiger partial charge is 0.143 e. The number of rotatable bonds is 4. The lowest BCUT2D eigenvalue weighted by molar-refractivity contribution is 0.621. The fraction of sp³-hybridized carbons (Fsp3) is 0.267. The molecule has 0 saturated heterocycles. The number of pyridine rings is 1. The topological polar surface area (TPSA) is 24.9 Å². The van der Waals surface area contributed by atoms with Crippen molar-refractivity contribution in [3.05, 3.63) is 59.7 Å². The molecule has 0 fully saturated rings. The van der Waals surface area contributed by atoms with Crippen LogP contribution < -0.4 is 5.32 Å². The normalized spacial score (nSPS) is 12.2. The van der Waals surface area contributed by atoms with E-state index in [1.165, 1.54) is 23.4 Å². The summed E-state index contributed by atoms with van der Waals surface area (Å²) in [5.74, 6) is -0.325. The van der Waals surface area contributed by atoms with Crippen LogP contribution in [-0.2, 0) is 6.42 Å². The van der Waals surface area contributed by atoms with E-state index in [1.54, 1.807) is 6.20 Å². The number of aromatic nitrogens is 1. The molecule has 18 heavy (non-hydrogen) atoms. The third kappa shape index (κ3) is 3.06. The number of hydrogen-bond acceptors (Lipinski definition) is 2. The van der Waals surface area contributed by atoms with Crippen LogP contribution in [0.2, 0.25) is 0 Å². The molecule has 0 amide bonds. The molecule has 0 radical (unpaired) electrons. The standard InChI is InChI=1S/C15H17FN2/c1-3-12-4-6-13(7-5-12)11(2)18-15-8-14(16)9-17-10-15/h4-11,18H,3H2,1-2H3. The predicted molar refractivity (Wildman–Crippen MR) is 72.1 cm³/mol. The van der Waals surface area contributed by atoms with Gasteiger partial charge in [0.1, 0.15) is 5.82 Å². The Kier molecular flexibility index (Phi) is 3.92. The summed E-state index contributed by atoms with van der Waals surface area (Å²) in [6.45, 7) is 4.18.